The fraction of sp³-hybridized carbons (Fsp3) is 0.857. The Balaban J connectivity index is -0.0000000546. The maximum absolute atomic E-state index is 3.63. The van der Waals surface area contributed by atoms with Gasteiger partial charge in [0.05, 0.1) is 0 Å². The van der Waals surface area contributed by atoms with E-state index in [0.29, 0.717) is 5.92 Å². The van der Waals surface area contributed by atoms with Gasteiger partial charge in [0.25, 0.3) is 0 Å². The van der Waals surface area contributed by atoms with E-state index in [2.05, 4.69) is 41.2 Å². The zero-order valence-electron chi connectivity index (χ0n) is 12.1. The normalized spacial score (nSPS) is 9.29. The minimum absolute atomic E-state index is 0.699. The highest BCUT2D eigenvalue weighted by Gasteiger charge is 1.84. The fourth-order valence-electron chi connectivity index (χ4n) is 0.167. The summed E-state index contributed by atoms with van der Waals surface area (Å²) >= 11 is 0. The summed E-state index contributed by atoms with van der Waals surface area (Å²) < 4.78 is 0. The lowest BCUT2D eigenvalue weighted by molar-refractivity contribution is 0.700. The van der Waals surface area contributed by atoms with Gasteiger partial charge in [-0.15, -0.1) is 6.58 Å². The first-order valence-corrected chi connectivity index (χ1v) is 6.17. The molecule has 1 atom stereocenters. The summed E-state index contributed by atoms with van der Waals surface area (Å²) in [6.45, 7) is 22.5. The van der Waals surface area contributed by atoms with Crippen molar-refractivity contribution in [2.24, 2.45) is 11.8 Å². The highest BCUT2D eigenvalue weighted by atomic mass is 13.9. The van der Waals surface area contributed by atoms with Crippen molar-refractivity contribution in [2.75, 3.05) is 0 Å². The molecule has 0 saturated heterocycles. The molecular formula is C14H34. The largest absolute Gasteiger partial charge is 0.103 e. The summed E-state index contributed by atoms with van der Waals surface area (Å²) in [5.41, 5.74) is 0. The van der Waals surface area contributed by atoms with Crippen LogP contribution in [0.25, 0.3) is 0 Å². The Bertz CT molecular complexity index is 59.7. The molecule has 0 bridgehead atoms. The van der Waals surface area contributed by atoms with Gasteiger partial charge in [0.2, 0.25) is 0 Å². The Morgan fingerprint density at radius 2 is 1.14 bits per heavy atom. The number of hydrogen-bond donors (Lipinski definition) is 0. The Labute approximate surface area is 93.8 Å². The van der Waals surface area contributed by atoms with Gasteiger partial charge in [0.1, 0.15) is 0 Å². The summed E-state index contributed by atoms with van der Waals surface area (Å²) in [4.78, 5) is 0. The van der Waals surface area contributed by atoms with Gasteiger partial charge in [-0.2, -0.15) is 0 Å². The van der Waals surface area contributed by atoms with Gasteiger partial charge >= 0.3 is 0 Å². The summed E-state index contributed by atoms with van der Waals surface area (Å²) in [5, 5.41) is 0. The second-order valence-corrected chi connectivity index (χ2v) is 3.35. The maximum Gasteiger partial charge on any atom is -0.0267 e. The molecule has 0 aromatic carbocycles. The van der Waals surface area contributed by atoms with Crippen LogP contribution in [0.4, 0.5) is 0 Å². The predicted octanol–water partition coefficient (Wildman–Crippen LogP) is 5.93. The van der Waals surface area contributed by atoms with Gasteiger partial charge in [-0.1, -0.05) is 74.8 Å². The highest BCUT2D eigenvalue weighted by molar-refractivity contribution is 4.72. The second kappa shape index (κ2) is 29.3. The summed E-state index contributed by atoms with van der Waals surface area (Å²) in [7, 11) is 0. The van der Waals surface area contributed by atoms with E-state index in [1.807, 2.05) is 33.8 Å². The minimum atomic E-state index is 0.699. The Morgan fingerprint density at radius 1 is 0.929 bits per heavy atom. The van der Waals surface area contributed by atoms with Crippen LogP contribution in [-0.2, 0) is 0 Å². The molecule has 0 nitrogen and oxygen atoms in total. The van der Waals surface area contributed by atoms with Gasteiger partial charge in [-0.05, 0) is 11.8 Å². The molecule has 90 valence electrons. The molecule has 0 spiro atoms. The van der Waals surface area contributed by atoms with E-state index in [0.717, 1.165) is 5.92 Å². The third-order valence-electron chi connectivity index (χ3n) is 1.05. The zero-order valence-corrected chi connectivity index (χ0v) is 12.1. The van der Waals surface area contributed by atoms with E-state index in [1.165, 1.54) is 6.42 Å². The van der Waals surface area contributed by atoms with E-state index in [4.69, 9.17) is 0 Å². The van der Waals surface area contributed by atoms with Crippen LogP contribution in [0.1, 0.15) is 68.7 Å². The number of allylic oxidation sites excluding steroid dienone is 1. The lowest BCUT2D eigenvalue weighted by Crippen LogP contribution is -1.80. The topological polar surface area (TPSA) is 0 Å². The fourth-order valence-corrected chi connectivity index (χ4v) is 0.167. The minimum Gasteiger partial charge on any atom is -0.103 e. The summed E-state index contributed by atoms with van der Waals surface area (Å²) in [5.74, 6) is 1.53. The smallest absolute Gasteiger partial charge is 0.0267 e. The molecular weight excluding hydrogens is 168 g/mol. The van der Waals surface area contributed by atoms with Crippen LogP contribution in [0.3, 0.4) is 0 Å². The van der Waals surface area contributed by atoms with Crippen molar-refractivity contribution < 1.29 is 0 Å². The lowest BCUT2D eigenvalue weighted by atomic mass is 10.1. The molecule has 0 heterocycles. The quantitative estimate of drug-likeness (QED) is 0.487. The van der Waals surface area contributed by atoms with E-state index >= 15 is 0 Å². The molecule has 14 heavy (non-hydrogen) atoms. The molecule has 0 aromatic heterocycles. The second-order valence-electron chi connectivity index (χ2n) is 3.35. The predicted molar refractivity (Wildman–Crippen MR) is 72.9 cm³/mol. The van der Waals surface area contributed by atoms with Gasteiger partial charge in [0, 0.05) is 0 Å². The lowest BCUT2D eigenvalue weighted by Gasteiger charge is -1.93. The molecule has 0 saturated carbocycles. The molecule has 0 aromatic rings. The first kappa shape index (κ1) is 23.5. The van der Waals surface area contributed by atoms with Gasteiger partial charge < -0.3 is 0 Å². The van der Waals surface area contributed by atoms with Gasteiger partial charge in [0.15, 0.2) is 0 Å². The van der Waals surface area contributed by atoms with E-state index in [1.54, 1.807) is 0 Å². The molecule has 1 unspecified atom stereocenters. The van der Waals surface area contributed by atoms with Gasteiger partial charge in [-0.25, -0.2) is 0 Å². The highest BCUT2D eigenvalue weighted by Crippen LogP contribution is 1.98. The van der Waals surface area contributed by atoms with Gasteiger partial charge in [-0.3, -0.25) is 0 Å². The monoisotopic (exact) mass is 202 g/mol. The van der Waals surface area contributed by atoms with Crippen LogP contribution in [-0.4, -0.2) is 0 Å². The number of rotatable bonds is 2. The molecule has 0 amide bonds. The Hall–Kier alpha value is -0.260. The molecule has 0 aliphatic carbocycles. The third kappa shape index (κ3) is 96.8. The molecule has 0 aliphatic heterocycles. The average molecular weight is 202 g/mol. The molecule has 0 N–H and O–H groups in total. The molecule has 0 aliphatic rings. The van der Waals surface area contributed by atoms with Crippen LogP contribution in [0.15, 0.2) is 12.7 Å². The van der Waals surface area contributed by atoms with Crippen LogP contribution in [0, 0.1) is 11.8 Å². The Morgan fingerprint density at radius 3 is 1.14 bits per heavy atom. The van der Waals surface area contributed by atoms with Crippen molar-refractivity contribution in [2.45, 2.75) is 68.7 Å². The van der Waals surface area contributed by atoms with E-state index in [-0.39, 0.29) is 0 Å². The summed E-state index contributed by atoms with van der Waals surface area (Å²) in [6.07, 6.45) is 3.18. The standard InChI is InChI=1S/C6H12.C4H10.2C2H6/c1-4-6(3)5-2;1-4(2)3;2*1-2/h4,6H,1,5H2,2-3H3;4H,1-3H3;2*1-2H3. The van der Waals surface area contributed by atoms with Crippen molar-refractivity contribution in [3.8, 4) is 0 Å². The first-order chi connectivity index (χ1) is 6.54. The summed E-state index contributed by atoms with van der Waals surface area (Å²) in [6, 6.07) is 0. The van der Waals surface area contributed by atoms with Crippen molar-refractivity contribution in [3.05, 3.63) is 12.7 Å². The first-order valence-electron chi connectivity index (χ1n) is 6.17. The molecule has 0 rings (SSSR count). The Kier molecular flexibility index (Phi) is 49.2. The van der Waals surface area contributed by atoms with Crippen molar-refractivity contribution in [1.82, 2.24) is 0 Å². The average Bonchev–Trinajstić information content (AvgIpc) is 2.22. The zero-order chi connectivity index (χ0) is 12.6. The van der Waals surface area contributed by atoms with Crippen molar-refractivity contribution in [1.29, 1.82) is 0 Å². The molecule has 0 fully saturated rings. The third-order valence-corrected chi connectivity index (χ3v) is 1.05. The van der Waals surface area contributed by atoms with Crippen LogP contribution in [0.5, 0.6) is 0 Å². The van der Waals surface area contributed by atoms with E-state index in [9.17, 15) is 0 Å². The number of hydrogen-bond acceptors (Lipinski definition) is 0. The van der Waals surface area contributed by atoms with Crippen LogP contribution < -0.4 is 0 Å². The maximum atomic E-state index is 3.63. The van der Waals surface area contributed by atoms with Crippen molar-refractivity contribution in [3.63, 3.8) is 0 Å². The van der Waals surface area contributed by atoms with Crippen molar-refractivity contribution >= 4 is 0 Å². The van der Waals surface area contributed by atoms with Crippen LogP contribution in [0.2, 0.25) is 0 Å². The van der Waals surface area contributed by atoms with E-state index < -0.39 is 0 Å². The molecule has 0 radical (unpaired) electrons. The SMILES string of the molecule is C=CC(C)CC.CC.CC.CC(C)C. The van der Waals surface area contributed by atoms with Crippen LogP contribution >= 0.6 is 0 Å². The molecule has 0 heteroatoms.